The van der Waals surface area contributed by atoms with Crippen LogP contribution in [0.25, 0.3) is 0 Å². The molecule has 0 radical (unpaired) electrons. The van der Waals surface area contributed by atoms with Crippen LogP contribution in [0.15, 0.2) is 34.4 Å². The van der Waals surface area contributed by atoms with E-state index < -0.39 is 0 Å². The number of anilines is 1. The van der Waals surface area contributed by atoms with E-state index in [1.807, 2.05) is 24.3 Å². The predicted molar refractivity (Wildman–Crippen MR) is 86.3 cm³/mol. The second-order valence-electron chi connectivity index (χ2n) is 4.23. The molecular formula is C14H21ClN4O. The van der Waals surface area contributed by atoms with Crippen LogP contribution in [0.3, 0.4) is 0 Å². The molecule has 0 amide bonds. The summed E-state index contributed by atoms with van der Waals surface area (Å²) in [7, 11) is 1.57. The molecule has 2 N–H and O–H groups in total. The second-order valence-corrected chi connectivity index (χ2v) is 4.23. The summed E-state index contributed by atoms with van der Waals surface area (Å²) in [4.78, 5) is 9.28. The minimum absolute atomic E-state index is 0. The van der Waals surface area contributed by atoms with E-state index in [-0.39, 0.29) is 12.4 Å². The van der Waals surface area contributed by atoms with Gasteiger partial charge in [-0.1, -0.05) is 30.3 Å². The average Bonchev–Trinajstić information content (AvgIpc) is 2.96. The van der Waals surface area contributed by atoms with Crippen molar-refractivity contribution in [3.8, 4) is 0 Å². The fourth-order valence-corrected chi connectivity index (χ4v) is 2.05. The van der Waals surface area contributed by atoms with E-state index in [0.29, 0.717) is 6.54 Å². The Kier molecular flexibility index (Phi) is 6.87. The quantitative estimate of drug-likeness (QED) is 0.625. The van der Waals surface area contributed by atoms with E-state index in [1.165, 1.54) is 0 Å². The molecule has 1 aliphatic rings. The van der Waals surface area contributed by atoms with Gasteiger partial charge in [0.2, 0.25) is 0 Å². The smallest absolute Gasteiger partial charge is 0.116 e. The number of para-hydroxylation sites is 1. The Morgan fingerprint density at radius 1 is 1.45 bits per heavy atom. The molecular weight excluding hydrogens is 276 g/mol. The van der Waals surface area contributed by atoms with E-state index >= 15 is 0 Å². The Morgan fingerprint density at radius 3 is 2.90 bits per heavy atom. The van der Waals surface area contributed by atoms with E-state index in [4.69, 9.17) is 4.84 Å². The zero-order valence-corrected chi connectivity index (χ0v) is 12.7. The van der Waals surface area contributed by atoms with E-state index in [1.54, 1.807) is 7.11 Å². The molecule has 6 heteroatoms. The molecule has 2 rings (SSSR count). The lowest BCUT2D eigenvalue weighted by Crippen LogP contribution is -2.26. The number of rotatable bonds is 6. The normalized spacial score (nSPS) is 14.1. The zero-order valence-electron chi connectivity index (χ0n) is 11.8. The van der Waals surface area contributed by atoms with Crippen LogP contribution in [-0.4, -0.2) is 38.3 Å². The topological polar surface area (TPSA) is 58.0 Å². The van der Waals surface area contributed by atoms with Crippen molar-refractivity contribution < 1.29 is 4.84 Å². The number of amidine groups is 1. The molecule has 0 fully saturated rings. The van der Waals surface area contributed by atoms with E-state index in [0.717, 1.165) is 42.3 Å². The van der Waals surface area contributed by atoms with Gasteiger partial charge in [-0.15, -0.1) is 12.4 Å². The van der Waals surface area contributed by atoms with Gasteiger partial charge >= 0.3 is 0 Å². The Morgan fingerprint density at radius 2 is 2.25 bits per heavy atom. The third kappa shape index (κ3) is 4.13. The highest BCUT2D eigenvalue weighted by Gasteiger charge is 2.10. The van der Waals surface area contributed by atoms with Crippen molar-refractivity contribution in [2.75, 3.05) is 32.1 Å². The van der Waals surface area contributed by atoms with Crippen molar-refractivity contribution in [3.63, 3.8) is 0 Å². The Balaban J connectivity index is 0.00000200. The summed E-state index contributed by atoms with van der Waals surface area (Å²) in [6, 6.07) is 8.11. The molecule has 1 aromatic rings. The van der Waals surface area contributed by atoms with Crippen LogP contribution in [0, 0.1) is 0 Å². The Labute approximate surface area is 125 Å². The summed E-state index contributed by atoms with van der Waals surface area (Å²) in [6.45, 7) is 4.58. The van der Waals surface area contributed by atoms with Gasteiger partial charge < -0.3 is 15.5 Å². The van der Waals surface area contributed by atoms with Crippen LogP contribution in [-0.2, 0) is 4.84 Å². The van der Waals surface area contributed by atoms with Crippen LogP contribution < -0.4 is 10.6 Å². The minimum atomic E-state index is 0. The van der Waals surface area contributed by atoms with Gasteiger partial charge in [-0.05, 0) is 12.5 Å². The monoisotopic (exact) mass is 296 g/mol. The summed E-state index contributed by atoms with van der Waals surface area (Å²) < 4.78 is 0. The SMILES string of the molecule is CC/C(=N\OC)c1ccccc1NCC1=NCCN1.Cl. The van der Waals surface area contributed by atoms with Crippen LogP contribution in [0.4, 0.5) is 5.69 Å². The first kappa shape index (κ1) is 16.3. The van der Waals surface area contributed by atoms with Crippen LogP contribution in [0.1, 0.15) is 18.9 Å². The fraction of sp³-hybridized carbons (Fsp3) is 0.429. The second kappa shape index (κ2) is 8.43. The summed E-state index contributed by atoms with van der Waals surface area (Å²) in [5.41, 5.74) is 3.06. The first-order valence-corrected chi connectivity index (χ1v) is 6.55. The molecule has 1 aliphatic heterocycles. The van der Waals surface area contributed by atoms with Crippen molar-refractivity contribution in [3.05, 3.63) is 29.8 Å². The summed E-state index contributed by atoms with van der Waals surface area (Å²) in [5, 5.41) is 10.7. The van der Waals surface area contributed by atoms with Crippen molar-refractivity contribution in [1.82, 2.24) is 5.32 Å². The maximum absolute atomic E-state index is 4.91. The molecule has 0 spiro atoms. The molecule has 0 saturated heterocycles. The number of halogens is 1. The molecule has 1 aromatic carbocycles. The van der Waals surface area contributed by atoms with Crippen molar-refractivity contribution in [2.45, 2.75) is 13.3 Å². The van der Waals surface area contributed by atoms with Gasteiger partial charge in [0, 0.05) is 17.8 Å². The Bertz CT molecular complexity index is 488. The third-order valence-corrected chi connectivity index (χ3v) is 2.96. The average molecular weight is 297 g/mol. The number of nitrogens with one attached hydrogen (secondary N) is 2. The van der Waals surface area contributed by atoms with Crippen LogP contribution in [0.2, 0.25) is 0 Å². The lowest BCUT2D eigenvalue weighted by atomic mass is 10.1. The molecule has 0 bridgehead atoms. The lowest BCUT2D eigenvalue weighted by molar-refractivity contribution is 0.213. The van der Waals surface area contributed by atoms with Crippen LogP contribution >= 0.6 is 12.4 Å². The number of nitrogens with zero attached hydrogens (tertiary/aromatic N) is 2. The maximum Gasteiger partial charge on any atom is 0.116 e. The van der Waals surface area contributed by atoms with E-state index in [2.05, 4.69) is 27.7 Å². The zero-order chi connectivity index (χ0) is 13.5. The largest absolute Gasteiger partial charge is 0.399 e. The summed E-state index contributed by atoms with van der Waals surface area (Å²) in [6.07, 6.45) is 0.825. The van der Waals surface area contributed by atoms with E-state index in [9.17, 15) is 0 Å². The highest BCUT2D eigenvalue weighted by molar-refractivity contribution is 6.05. The molecule has 20 heavy (non-hydrogen) atoms. The van der Waals surface area contributed by atoms with Gasteiger partial charge in [-0.3, -0.25) is 4.99 Å². The third-order valence-electron chi connectivity index (χ3n) is 2.96. The van der Waals surface area contributed by atoms with Gasteiger partial charge in [0.1, 0.15) is 12.9 Å². The van der Waals surface area contributed by atoms with Gasteiger partial charge in [-0.2, -0.15) is 0 Å². The number of aliphatic imine (C=N–C) groups is 1. The highest BCUT2D eigenvalue weighted by atomic mass is 35.5. The summed E-state index contributed by atoms with van der Waals surface area (Å²) in [5.74, 6) is 1.01. The summed E-state index contributed by atoms with van der Waals surface area (Å²) >= 11 is 0. The standard InChI is InChI=1S/C14H20N4O.ClH/c1-3-12(18-19-2)11-6-4-5-7-13(11)17-10-14-15-8-9-16-14;/h4-7,17H,3,8-10H2,1-2H3,(H,15,16);1H/b18-12+;. The number of hydrogen-bond donors (Lipinski definition) is 2. The fourth-order valence-electron chi connectivity index (χ4n) is 2.05. The molecule has 0 atom stereocenters. The molecule has 110 valence electrons. The Hall–Kier alpha value is -1.75. The van der Waals surface area contributed by atoms with Crippen molar-refractivity contribution in [2.24, 2.45) is 10.1 Å². The molecule has 1 heterocycles. The number of oxime groups is 1. The van der Waals surface area contributed by atoms with Crippen molar-refractivity contribution >= 4 is 29.6 Å². The van der Waals surface area contributed by atoms with Crippen LogP contribution in [0.5, 0.6) is 0 Å². The highest BCUT2D eigenvalue weighted by Crippen LogP contribution is 2.17. The molecule has 0 saturated carbocycles. The van der Waals surface area contributed by atoms with Gasteiger partial charge in [0.25, 0.3) is 0 Å². The van der Waals surface area contributed by atoms with Crippen molar-refractivity contribution in [1.29, 1.82) is 0 Å². The minimum Gasteiger partial charge on any atom is -0.399 e. The first-order chi connectivity index (χ1) is 9.35. The molecule has 5 nitrogen and oxygen atoms in total. The van der Waals surface area contributed by atoms with Gasteiger partial charge in [0.05, 0.1) is 18.8 Å². The van der Waals surface area contributed by atoms with Gasteiger partial charge in [-0.25, -0.2) is 0 Å². The molecule has 0 aliphatic carbocycles. The number of benzene rings is 1. The lowest BCUT2D eigenvalue weighted by Gasteiger charge is -2.12. The molecule has 0 aromatic heterocycles. The number of hydrogen-bond acceptors (Lipinski definition) is 5. The maximum atomic E-state index is 4.91. The van der Waals surface area contributed by atoms with Gasteiger partial charge in [0.15, 0.2) is 0 Å². The molecule has 0 unspecified atom stereocenters. The predicted octanol–water partition coefficient (Wildman–Crippen LogP) is 2.28. The first-order valence-electron chi connectivity index (χ1n) is 6.55.